The Balaban J connectivity index is 2.08. The van der Waals surface area contributed by atoms with Gasteiger partial charge in [-0.05, 0) is 55.2 Å². The van der Waals surface area contributed by atoms with Crippen molar-refractivity contribution in [1.29, 1.82) is 0 Å². The summed E-state index contributed by atoms with van der Waals surface area (Å²) < 4.78 is 0. The minimum atomic E-state index is 0.635. The molecule has 84 valence electrons. The number of hydrogen-bond acceptors (Lipinski definition) is 3. The van der Waals surface area contributed by atoms with E-state index in [0.717, 1.165) is 32.4 Å². The van der Waals surface area contributed by atoms with E-state index >= 15 is 0 Å². The summed E-state index contributed by atoms with van der Waals surface area (Å²) in [5, 5.41) is 4.32. The van der Waals surface area contributed by atoms with E-state index in [2.05, 4.69) is 28.8 Å². The standard InChI is InChI=1S/C11H18N2S2/c1-13(6-3-2-4-11(12)14)8-10-5-7-15-9-10/h5,7,9H,2-4,6,8H2,1H3,(H2,12,14). The first-order valence-electron chi connectivity index (χ1n) is 5.16. The molecule has 0 atom stereocenters. The molecule has 0 aliphatic rings. The third-order valence-electron chi connectivity index (χ3n) is 2.25. The second-order valence-electron chi connectivity index (χ2n) is 3.79. The second kappa shape index (κ2) is 6.93. The lowest BCUT2D eigenvalue weighted by Crippen LogP contribution is -2.19. The average molecular weight is 242 g/mol. The van der Waals surface area contributed by atoms with Crippen molar-refractivity contribution in [1.82, 2.24) is 4.90 Å². The summed E-state index contributed by atoms with van der Waals surface area (Å²) in [7, 11) is 2.15. The molecule has 2 nitrogen and oxygen atoms in total. The zero-order valence-electron chi connectivity index (χ0n) is 9.11. The van der Waals surface area contributed by atoms with Gasteiger partial charge in [0, 0.05) is 6.54 Å². The monoisotopic (exact) mass is 242 g/mol. The summed E-state index contributed by atoms with van der Waals surface area (Å²) in [6.45, 7) is 2.15. The van der Waals surface area contributed by atoms with Crippen LogP contribution in [0.4, 0.5) is 0 Å². The lowest BCUT2D eigenvalue weighted by atomic mass is 10.2. The predicted molar refractivity (Wildman–Crippen MR) is 71.3 cm³/mol. The van der Waals surface area contributed by atoms with Gasteiger partial charge in [0.05, 0.1) is 4.99 Å². The van der Waals surface area contributed by atoms with Gasteiger partial charge in [-0.25, -0.2) is 0 Å². The zero-order valence-corrected chi connectivity index (χ0v) is 10.7. The molecule has 1 rings (SSSR count). The van der Waals surface area contributed by atoms with Crippen LogP contribution in [0, 0.1) is 0 Å². The molecule has 2 N–H and O–H groups in total. The minimum Gasteiger partial charge on any atom is -0.393 e. The highest BCUT2D eigenvalue weighted by Crippen LogP contribution is 2.09. The molecule has 0 aliphatic carbocycles. The Morgan fingerprint density at radius 1 is 1.53 bits per heavy atom. The van der Waals surface area contributed by atoms with Crippen LogP contribution in [0.2, 0.25) is 0 Å². The van der Waals surface area contributed by atoms with Crippen molar-refractivity contribution in [2.45, 2.75) is 25.8 Å². The molecule has 0 fully saturated rings. The maximum Gasteiger partial charge on any atom is 0.0727 e. The third kappa shape index (κ3) is 5.87. The average Bonchev–Trinajstić information content (AvgIpc) is 2.64. The molecule has 0 bridgehead atoms. The van der Waals surface area contributed by atoms with Crippen molar-refractivity contribution in [2.75, 3.05) is 13.6 Å². The third-order valence-corrected chi connectivity index (χ3v) is 3.18. The van der Waals surface area contributed by atoms with E-state index in [1.807, 2.05) is 0 Å². The fourth-order valence-corrected chi connectivity index (χ4v) is 2.26. The van der Waals surface area contributed by atoms with Gasteiger partial charge >= 0.3 is 0 Å². The normalized spacial score (nSPS) is 10.8. The van der Waals surface area contributed by atoms with Crippen LogP contribution in [0.5, 0.6) is 0 Å². The highest BCUT2D eigenvalue weighted by molar-refractivity contribution is 7.80. The first-order chi connectivity index (χ1) is 7.18. The zero-order chi connectivity index (χ0) is 11.1. The first kappa shape index (κ1) is 12.6. The van der Waals surface area contributed by atoms with Gasteiger partial charge in [0.25, 0.3) is 0 Å². The molecule has 0 saturated heterocycles. The molecule has 0 radical (unpaired) electrons. The molecule has 15 heavy (non-hydrogen) atoms. The summed E-state index contributed by atoms with van der Waals surface area (Å²) in [5.74, 6) is 0. The molecule has 0 amide bonds. The largest absolute Gasteiger partial charge is 0.393 e. The number of thiocarbonyl (C=S) groups is 1. The van der Waals surface area contributed by atoms with Crippen molar-refractivity contribution >= 4 is 28.5 Å². The van der Waals surface area contributed by atoms with E-state index in [9.17, 15) is 0 Å². The molecular formula is C11H18N2S2. The number of nitrogens with zero attached hydrogens (tertiary/aromatic N) is 1. The van der Waals surface area contributed by atoms with Crippen LogP contribution < -0.4 is 5.73 Å². The van der Waals surface area contributed by atoms with Gasteiger partial charge in [-0.15, -0.1) is 0 Å². The highest BCUT2D eigenvalue weighted by Gasteiger charge is 2.00. The van der Waals surface area contributed by atoms with E-state index in [1.165, 1.54) is 5.56 Å². The maximum absolute atomic E-state index is 5.44. The SMILES string of the molecule is CN(CCCCC(N)=S)Cc1ccsc1. The Morgan fingerprint density at radius 3 is 2.93 bits per heavy atom. The van der Waals surface area contributed by atoms with Crippen LogP contribution in [0.3, 0.4) is 0 Å². The van der Waals surface area contributed by atoms with Crippen LogP contribution in [-0.2, 0) is 6.54 Å². The van der Waals surface area contributed by atoms with E-state index in [-0.39, 0.29) is 0 Å². The van der Waals surface area contributed by atoms with Gasteiger partial charge in [-0.2, -0.15) is 11.3 Å². The number of nitrogens with two attached hydrogens (primary N) is 1. The van der Waals surface area contributed by atoms with E-state index < -0.39 is 0 Å². The molecule has 0 saturated carbocycles. The summed E-state index contributed by atoms with van der Waals surface area (Å²) in [6.07, 6.45) is 3.14. The summed E-state index contributed by atoms with van der Waals surface area (Å²) in [5.41, 5.74) is 6.84. The Hall–Kier alpha value is -0.450. The van der Waals surface area contributed by atoms with Gasteiger partial charge in [-0.1, -0.05) is 12.2 Å². The van der Waals surface area contributed by atoms with Crippen molar-refractivity contribution in [3.05, 3.63) is 22.4 Å². The first-order valence-corrected chi connectivity index (χ1v) is 6.51. The van der Waals surface area contributed by atoms with Crippen LogP contribution in [-0.4, -0.2) is 23.5 Å². The van der Waals surface area contributed by atoms with Gasteiger partial charge < -0.3 is 10.6 Å². The number of thiophene rings is 1. The molecule has 1 aromatic rings. The molecule has 0 spiro atoms. The van der Waals surface area contributed by atoms with Gasteiger partial charge in [0.2, 0.25) is 0 Å². The van der Waals surface area contributed by atoms with Crippen molar-refractivity contribution in [3.8, 4) is 0 Å². The lowest BCUT2D eigenvalue weighted by Gasteiger charge is -2.15. The molecule has 0 aliphatic heterocycles. The van der Waals surface area contributed by atoms with Crippen molar-refractivity contribution < 1.29 is 0 Å². The van der Waals surface area contributed by atoms with Crippen molar-refractivity contribution in [3.63, 3.8) is 0 Å². The quantitative estimate of drug-likeness (QED) is 0.589. The van der Waals surface area contributed by atoms with E-state index in [4.69, 9.17) is 18.0 Å². The number of unbranched alkanes of at least 4 members (excludes halogenated alkanes) is 1. The molecule has 4 heteroatoms. The summed E-state index contributed by atoms with van der Waals surface area (Å²) in [4.78, 5) is 2.97. The molecule has 0 aromatic carbocycles. The van der Waals surface area contributed by atoms with Crippen LogP contribution >= 0.6 is 23.6 Å². The van der Waals surface area contributed by atoms with E-state index in [0.29, 0.717) is 4.99 Å². The van der Waals surface area contributed by atoms with Crippen LogP contribution in [0.1, 0.15) is 24.8 Å². The van der Waals surface area contributed by atoms with Gasteiger partial charge in [0.15, 0.2) is 0 Å². The molecular weight excluding hydrogens is 224 g/mol. The number of rotatable bonds is 7. The topological polar surface area (TPSA) is 29.3 Å². The highest BCUT2D eigenvalue weighted by atomic mass is 32.1. The fourth-order valence-electron chi connectivity index (χ4n) is 1.45. The Kier molecular flexibility index (Phi) is 5.83. The molecule has 0 unspecified atom stereocenters. The van der Waals surface area contributed by atoms with E-state index in [1.54, 1.807) is 11.3 Å². The second-order valence-corrected chi connectivity index (χ2v) is 5.10. The predicted octanol–water partition coefficient (Wildman–Crippen LogP) is 2.64. The minimum absolute atomic E-state index is 0.635. The van der Waals surface area contributed by atoms with Gasteiger partial charge in [-0.3, -0.25) is 0 Å². The summed E-state index contributed by atoms with van der Waals surface area (Å²) >= 11 is 6.59. The van der Waals surface area contributed by atoms with Crippen LogP contribution in [0.25, 0.3) is 0 Å². The lowest BCUT2D eigenvalue weighted by molar-refractivity contribution is 0.320. The fraction of sp³-hybridized carbons (Fsp3) is 0.545. The van der Waals surface area contributed by atoms with Gasteiger partial charge in [0.1, 0.15) is 0 Å². The maximum atomic E-state index is 5.44. The Morgan fingerprint density at radius 2 is 2.33 bits per heavy atom. The summed E-state index contributed by atoms with van der Waals surface area (Å²) in [6, 6.07) is 2.18. The Labute approximate surface area is 101 Å². The number of hydrogen-bond donors (Lipinski definition) is 1. The Bertz CT molecular complexity index is 283. The van der Waals surface area contributed by atoms with Crippen LogP contribution in [0.15, 0.2) is 16.8 Å². The van der Waals surface area contributed by atoms with Crippen molar-refractivity contribution in [2.24, 2.45) is 5.73 Å². The molecule has 1 heterocycles. The molecule has 1 aromatic heterocycles. The smallest absolute Gasteiger partial charge is 0.0727 e.